The van der Waals surface area contributed by atoms with Crippen LogP contribution in [0.2, 0.25) is 0 Å². The number of nitrogens with zero attached hydrogens (tertiary/aromatic N) is 1. The van der Waals surface area contributed by atoms with E-state index in [0.717, 1.165) is 19.4 Å². The Morgan fingerprint density at radius 1 is 1.60 bits per heavy atom. The van der Waals surface area contributed by atoms with Crippen LogP contribution in [0.25, 0.3) is 6.08 Å². The SMILES string of the molecule is N#C/C(=C/c1cccc(O)c1)C(=O)NC[C@@H]1CCCO1. The molecular weight excluding hydrogens is 256 g/mol. The van der Waals surface area contributed by atoms with Gasteiger partial charge in [0.1, 0.15) is 17.4 Å². The van der Waals surface area contributed by atoms with E-state index in [9.17, 15) is 9.90 Å². The number of amides is 1. The molecule has 2 rings (SSSR count). The number of ether oxygens (including phenoxy) is 1. The molecule has 0 spiro atoms. The molecule has 1 saturated heterocycles. The predicted molar refractivity (Wildman–Crippen MR) is 73.7 cm³/mol. The monoisotopic (exact) mass is 272 g/mol. The Balaban J connectivity index is 1.99. The second-order valence-electron chi connectivity index (χ2n) is 4.61. The molecule has 20 heavy (non-hydrogen) atoms. The Morgan fingerprint density at radius 2 is 2.45 bits per heavy atom. The van der Waals surface area contributed by atoms with E-state index >= 15 is 0 Å². The number of rotatable bonds is 4. The summed E-state index contributed by atoms with van der Waals surface area (Å²) in [5.74, 6) is -0.331. The summed E-state index contributed by atoms with van der Waals surface area (Å²) in [6.45, 7) is 1.14. The highest BCUT2D eigenvalue weighted by Gasteiger charge is 2.17. The maximum absolute atomic E-state index is 11.9. The van der Waals surface area contributed by atoms with Gasteiger partial charge in [0, 0.05) is 13.2 Å². The normalized spacial score (nSPS) is 18.6. The van der Waals surface area contributed by atoms with Crippen molar-refractivity contribution in [1.29, 1.82) is 5.26 Å². The minimum Gasteiger partial charge on any atom is -0.508 e. The van der Waals surface area contributed by atoms with Gasteiger partial charge in [-0.3, -0.25) is 4.79 Å². The average Bonchev–Trinajstić information content (AvgIpc) is 2.95. The summed E-state index contributed by atoms with van der Waals surface area (Å²) in [5.41, 5.74) is 0.613. The van der Waals surface area contributed by atoms with E-state index < -0.39 is 5.91 Å². The molecule has 1 aliphatic rings. The fourth-order valence-electron chi connectivity index (χ4n) is 2.04. The number of nitrogens with one attached hydrogen (secondary N) is 1. The van der Waals surface area contributed by atoms with Gasteiger partial charge in [-0.1, -0.05) is 12.1 Å². The second-order valence-corrected chi connectivity index (χ2v) is 4.61. The van der Waals surface area contributed by atoms with Gasteiger partial charge in [-0.15, -0.1) is 0 Å². The number of benzene rings is 1. The van der Waals surface area contributed by atoms with Crippen molar-refractivity contribution in [3.63, 3.8) is 0 Å². The molecule has 1 amide bonds. The van der Waals surface area contributed by atoms with Crippen LogP contribution in [0, 0.1) is 11.3 Å². The molecule has 104 valence electrons. The molecule has 1 heterocycles. The third-order valence-electron chi connectivity index (χ3n) is 3.06. The molecule has 5 heteroatoms. The summed E-state index contributed by atoms with van der Waals surface area (Å²) >= 11 is 0. The van der Waals surface area contributed by atoms with E-state index in [4.69, 9.17) is 10.00 Å². The first-order valence-corrected chi connectivity index (χ1v) is 6.49. The van der Waals surface area contributed by atoms with Crippen molar-refractivity contribution in [3.05, 3.63) is 35.4 Å². The van der Waals surface area contributed by atoms with Crippen molar-refractivity contribution in [2.75, 3.05) is 13.2 Å². The van der Waals surface area contributed by atoms with Crippen LogP contribution in [-0.2, 0) is 9.53 Å². The van der Waals surface area contributed by atoms with Gasteiger partial charge in [-0.25, -0.2) is 0 Å². The van der Waals surface area contributed by atoms with Crippen LogP contribution < -0.4 is 5.32 Å². The Labute approximate surface area is 117 Å². The molecule has 0 unspecified atom stereocenters. The van der Waals surface area contributed by atoms with Gasteiger partial charge in [0.2, 0.25) is 0 Å². The van der Waals surface area contributed by atoms with Gasteiger partial charge in [0.15, 0.2) is 0 Å². The Hall–Kier alpha value is -2.32. The number of hydrogen-bond donors (Lipinski definition) is 2. The van der Waals surface area contributed by atoms with Crippen LogP contribution in [0.1, 0.15) is 18.4 Å². The molecule has 1 atom stereocenters. The number of carbonyl (C=O) groups excluding carboxylic acids is 1. The highest BCUT2D eigenvalue weighted by atomic mass is 16.5. The lowest BCUT2D eigenvalue weighted by atomic mass is 10.1. The van der Waals surface area contributed by atoms with E-state index in [-0.39, 0.29) is 17.4 Å². The third-order valence-corrected chi connectivity index (χ3v) is 3.06. The molecule has 1 aromatic rings. The molecule has 0 radical (unpaired) electrons. The molecule has 0 bridgehead atoms. The lowest BCUT2D eigenvalue weighted by Gasteiger charge is -2.10. The summed E-state index contributed by atoms with van der Waals surface area (Å²) in [6.07, 6.45) is 3.42. The minimum atomic E-state index is -0.425. The van der Waals surface area contributed by atoms with Crippen LogP contribution in [0.3, 0.4) is 0 Å². The lowest BCUT2D eigenvalue weighted by molar-refractivity contribution is -0.117. The van der Waals surface area contributed by atoms with Crippen LogP contribution in [-0.4, -0.2) is 30.3 Å². The smallest absolute Gasteiger partial charge is 0.262 e. The maximum atomic E-state index is 11.9. The predicted octanol–water partition coefficient (Wildman–Crippen LogP) is 1.59. The summed E-state index contributed by atoms with van der Waals surface area (Å²) in [6, 6.07) is 8.26. The van der Waals surface area contributed by atoms with E-state index in [0.29, 0.717) is 12.1 Å². The summed E-state index contributed by atoms with van der Waals surface area (Å²) in [5, 5.41) is 21.1. The number of aromatic hydroxyl groups is 1. The topological polar surface area (TPSA) is 82.3 Å². The molecule has 1 aromatic carbocycles. The molecule has 5 nitrogen and oxygen atoms in total. The zero-order valence-corrected chi connectivity index (χ0v) is 11.0. The van der Waals surface area contributed by atoms with Gasteiger partial charge in [0.05, 0.1) is 6.10 Å². The first kappa shape index (κ1) is 14.1. The van der Waals surface area contributed by atoms with Gasteiger partial charge in [0.25, 0.3) is 5.91 Å². The first-order valence-electron chi connectivity index (χ1n) is 6.49. The molecule has 2 N–H and O–H groups in total. The molecule has 1 fully saturated rings. The van der Waals surface area contributed by atoms with Crippen molar-refractivity contribution in [2.24, 2.45) is 0 Å². The highest BCUT2D eigenvalue weighted by molar-refractivity contribution is 6.01. The zero-order chi connectivity index (χ0) is 14.4. The number of nitriles is 1. The van der Waals surface area contributed by atoms with Crippen molar-refractivity contribution in [2.45, 2.75) is 18.9 Å². The summed E-state index contributed by atoms with van der Waals surface area (Å²) in [4.78, 5) is 11.9. The standard InChI is InChI=1S/C15H16N2O3/c16-9-12(7-11-3-1-4-13(18)8-11)15(19)17-10-14-5-2-6-20-14/h1,3-4,7-8,14,18H,2,5-6,10H2,(H,17,19)/b12-7-/t14-/m0/s1. The molecule has 1 aliphatic heterocycles. The number of hydrogen-bond acceptors (Lipinski definition) is 4. The van der Waals surface area contributed by atoms with Crippen molar-refractivity contribution < 1.29 is 14.6 Å². The van der Waals surface area contributed by atoms with E-state index in [1.54, 1.807) is 12.1 Å². The molecule has 0 saturated carbocycles. The largest absolute Gasteiger partial charge is 0.508 e. The maximum Gasteiger partial charge on any atom is 0.262 e. The quantitative estimate of drug-likeness (QED) is 0.644. The summed E-state index contributed by atoms with van der Waals surface area (Å²) < 4.78 is 5.40. The van der Waals surface area contributed by atoms with Crippen molar-refractivity contribution in [3.8, 4) is 11.8 Å². The number of phenolic OH excluding ortho intramolecular Hbond substituents is 1. The van der Waals surface area contributed by atoms with Gasteiger partial charge in [-0.2, -0.15) is 5.26 Å². The third kappa shape index (κ3) is 3.84. The van der Waals surface area contributed by atoms with Crippen LogP contribution in [0.15, 0.2) is 29.8 Å². The van der Waals surface area contributed by atoms with Crippen molar-refractivity contribution in [1.82, 2.24) is 5.32 Å². The Bertz CT molecular complexity index is 554. The first-order chi connectivity index (χ1) is 9.69. The Morgan fingerprint density at radius 3 is 3.10 bits per heavy atom. The summed E-state index contributed by atoms with van der Waals surface area (Å²) in [7, 11) is 0. The van der Waals surface area contributed by atoms with E-state index in [1.165, 1.54) is 18.2 Å². The fraction of sp³-hybridized carbons (Fsp3) is 0.333. The minimum absolute atomic E-state index is 0.00796. The zero-order valence-electron chi connectivity index (χ0n) is 11.0. The van der Waals surface area contributed by atoms with Crippen LogP contribution in [0.4, 0.5) is 0 Å². The molecule has 0 aliphatic carbocycles. The molecular formula is C15H16N2O3. The van der Waals surface area contributed by atoms with E-state index in [1.807, 2.05) is 6.07 Å². The fourth-order valence-corrected chi connectivity index (χ4v) is 2.04. The Kier molecular flexibility index (Phi) is 4.75. The lowest BCUT2D eigenvalue weighted by Crippen LogP contribution is -2.32. The van der Waals surface area contributed by atoms with Gasteiger partial charge >= 0.3 is 0 Å². The van der Waals surface area contributed by atoms with Crippen LogP contribution >= 0.6 is 0 Å². The average molecular weight is 272 g/mol. The second kappa shape index (κ2) is 6.73. The highest BCUT2D eigenvalue weighted by Crippen LogP contribution is 2.14. The number of phenols is 1. The van der Waals surface area contributed by atoms with Crippen LogP contribution in [0.5, 0.6) is 5.75 Å². The number of carbonyl (C=O) groups is 1. The van der Waals surface area contributed by atoms with Crippen molar-refractivity contribution >= 4 is 12.0 Å². The molecule has 0 aromatic heterocycles. The van der Waals surface area contributed by atoms with Gasteiger partial charge in [-0.05, 0) is 36.6 Å². The van der Waals surface area contributed by atoms with E-state index in [2.05, 4.69) is 5.32 Å². The van der Waals surface area contributed by atoms with Gasteiger partial charge < -0.3 is 15.2 Å².